The minimum atomic E-state index is -3.90. The van der Waals surface area contributed by atoms with E-state index in [1.165, 1.54) is 12.1 Å². The molecule has 0 spiro atoms. The number of carbonyl (C=O) groups excluding carboxylic acids is 1. The zero-order valence-electron chi connectivity index (χ0n) is 11.4. The number of para-hydroxylation sites is 2. The molecule has 1 heterocycles. The molecule has 2 aromatic carbocycles. The van der Waals surface area contributed by atoms with E-state index < -0.39 is 15.9 Å². The van der Waals surface area contributed by atoms with Crippen molar-refractivity contribution in [2.24, 2.45) is 0 Å². The van der Waals surface area contributed by atoms with Gasteiger partial charge in [-0.05, 0) is 31.2 Å². The van der Waals surface area contributed by atoms with E-state index in [-0.39, 0.29) is 11.4 Å². The lowest BCUT2D eigenvalue weighted by Crippen LogP contribution is -2.43. The Hall–Kier alpha value is -2.34. The highest BCUT2D eigenvalue weighted by Gasteiger charge is 2.34. The molecule has 0 saturated heterocycles. The van der Waals surface area contributed by atoms with Gasteiger partial charge in [0.15, 0.2) is 0 Å². The number of benzene rings is 2. The molecule has 1 amide bonds. The summed E-state index contributed by atoms with van der Waals surface area (Å²) in [5.41, 5.74) is 1.95. The monoisotopic (exact) mass is 302 g/mol. The molecular weight excluding hydrogens is 288 g/mol. The van der Waals surface area contributed by atoms with Crippen molar-refractivity contribution >= 4 is 27.3 Å². The Bertz CT molecular complexity index is 798. The minimum Gasteiger partial charge on any atom is -0.374 e. The number of anilines is 2. The third-order valence-electron chi connectivity index (χ3n) is 3.34. The van der Waals surface area contributed by atoms with Crippen molar-refractivity contribution in [1.29, 1.82) is 0 Å². The first-order chi connectivity index (χ1) is 10.00. The Labute approximate surface area is 123 Å². The number of hydrogen-bond donors (Lipinski definition) is 1. The van der Waals surface area contributed by atoms with Crippen molar-refractivity contribution in [1.82, 2.24) is 0 Å². The van der Waals surface area contributed by atoms with Crippen LogP contribution in [0.1, 0.15) is 5.56 Å². The van der Waals surface area contributed by atoms with Crippen LogP contribution in [-0.4, -0.2) is 20.9 Å². The summed E-state index contributed by atoms with van der Waals surface area (Å²) in [6.45, 7) is 1.84. The van der Waals surface area contributed by atoms with Crippen LogP contribution in [0.5, 0.6) is 0 Å². The molecule has 1 aliphatic heterocycles. The standard InChI is InChI=1S/C15H14N2O3S/c1-11-6-8-12(9-7-11)21(19,20)17-14-5-3-2-4-13(14)16-10-15(17)18/h2-9,16H,10H2,1H3. The molecule has 0 aliphatic carbocycles. The van der Waals surface area contributed by atoms with Gasteiger partial charge in [0, 0.05) is 0 Å². The highest BCUT2D eigenvalue weighted by molar-refractivity contribution is 7.93. The van der Waals surface area contributed by atoms with E-state index >= 15 is 0 Å². The molecule has 6 heteroatoms. The summed E-state index contributed by atoms with van der Waals surface area (Å²) in [6, 6.07) is 13.3. The molecule has 0 atom stereocenters. The topological polar surface area (TPSA) is 66.5 Å². The Morgan fingerprint density at radius 1 is 1.05 bits per heavy atom. The molecule has 1 aliphatic rings. The molecule has 0 radical (unpaired) electrons. The Balaban J connectivity index is 2.14. The second-order valence-electron chi connectivity index (χ2n) is 4.85. The van der Waals surface area contributed by atoms with E-state index in [9.17, 15) is 13.2 Å². The Kier molecular flexibility index (Phi) is 3.17. The van der Waals surface area contributed by atoms with E-state index in [4.69, 9.17) is 0 Å². The summed E-state index contributed by atoms with van der Waals surface area (Å²) in [6.07, 6.45) is 0. The summed E-state index contributed by atoms with van der Waals surface area (Å²) in [5.74, 6) is -0.491. The van der Waals surface area contributed by atoms with E-state index in [0.717, 1.165) is 9.87 Å². The van der Waals surface area contributed by atoms with Gasteiger partial charge in [-0.3, -0.25) is 4.79 Å². The van der Waals surface area contributed by atoms with Gasteiger partial charge in [-0.15, -0.1) is 0 Å². The highest BCUT2D eigenvalue weighted by Crippen LogP contribution is 2.33. The maximum atomic E-state index is 12.7. The second kappa shape index (κ2) is 4.89. The van der Waals surface area contributed by atoms with Crippen molar-refractivity contribution in [2.45, 2.75) is 11.8 Å². The van der Waals surface area contributed by atoms with Gasteiger partial charge in [-0.25, -0.2) is 8.42 Å². The molecule has 0 bridgehead atoms. The first-order valence-corrected chi connectivity index (χ1v) is 7.92. The van der Waals surface area contributed by atoms with Crippen molar-refractivity contribution < 1.29 is 13.2 Å². The van der Waals surface area contributed by atoms with Crippen LogP contribution in [0.15, 0.2) is 53.4 Å². The average molecular weight is 302 g/mol. The van der Waals surface area contributed by atoms with Crippen LogP contribution in [0.4, 0.5) is 11.4 Å². The second-order valence-corrected chi connectivity index (χ2v) is 6.63. The first kappa shape index (κ1) is 13.6. The largest absolute Gasteiger partial charge is 0.374 e. The first-order valence-electron chi connectivity index (χ1n) is 6.48. The fraction of sp³-hybridized carbons (Fsp3) is 0.133. The smallest absolute Gasteiger partial charge is 0.271 e. The predicted octanol–water partition coefficient (Wildman–Crippen LogP) is 2.14. The quantitative estimate of drug-likeness (QED) is 0.923. The van der Waals surface area contributed by atoms with E-state index in [1.54, 1.807) is 36.4 Å². The number of carbonyl (C=O) groups is 1. The summed E-state index contributed by atoms with van der Waals surface area (Å²) in [4.78, 5) is 12.2. The van der Waals surface area contributed by atoms with Crippen LogP contribution < -0.4 is 9.62 Å². The van der Waals surface area contributed by atoms with Crippen molar-refractivity contribution in [2.75, 3.05) is 16.2 Å². The Morgan fingerprint density at radius 3 is 2.43 bits per heavy atom. The molecule has 108 valence electrons. The van der Waals surface area contributed by atoms with Crippen LogP contribution in [0.2, 0.25) is 0 Å². The third-order valence-corrected chi connectivity index (χ3v) is 5.09. The van der Waals surface area contributed by atoms with Crippen molar-refractivity contribution in [3.63, 3.8) is 0 Å². The maximum absolute atomic E-state index is 12.7. The maximum Gasteiger partial charge on any atom is 0.271 e. The van der Waals surface area contributed by atoms with Crippen LogP contribution in [0.3, 0.4) is 0 Å². The van der Waals surface area contributed by atoms with Gasteiger partial charge < -0.3 is 5.32 Å². The number of fused-ring (bicyclic) bond motifs is 1. The molecule has 0 fully saturated rings. The van der Waals surface area contributed by atoms with Gasteiger partial charge in [0.25, 0.3) is 15.9 Å². The van der Waals surface area contributed by atoms with Gasteiger partial charge in [-0.2, -0.15) is 4.31 Å². The SMILES string of the molecule is Cc1ccc(S(=O)(=O)N2C(=O)CNc3ccccc32)cc1. The van der Waals surface area contributed by atoms with Gasteiger partial charge in [0.2, 0.25) is 0 Å². The van der Waals surface area contributed by atoms with Gasteiger partial charge in [0.05, 0.1) is 22.8 Å². The number of nitrogens with zero attached hydrogens (tertiary/aromatic N) is 1. The molecule has 0 saturated carbocycles. The van der Waals surface area contributed by atoms with Gasteiger partial charge in [0.1, 0.15) is 0 Å². The summed E-state index contributed by atoms with van der Waals surface area (Å²) in [5, 5.41) is 2.92. The predicted molar refractivity (Wildman–Crippen MR) is 80.8 cm³/mol. The summed E-state index contributed by atoms with van der Waals surface area (Å²) < 4.78 is 26.4. The zero-order valence-corrected chi connectivity index (χ0v) is 12.2. The van der Waals surface area contributed by atoms with Crippen LogP contribution >= 0.6 is 0 Å². The Morgan fingerprint density at radius 2 is 1.71 bits per heavy atom. The lowest BCUT2D eigenvalue weighted by molar-refractivity contribution is -0.116. The molecule has 2 aromatic rings. The third kappa shape index (κ3) is 2.27. The average Bonchev–Trinajstić information content (AvgIpc) is 2.47. The number of nitrogens with one attached hydrogen (secondary N) is 1. The lowest BCUT2D eigenvalue weighted by atomic mass is 10.2. The highest BCUT2D eigenvalue weighted by atomic mass is 32.2. The van der Waals surface area contributed by atoms with Gasteiger partial charge in [-0.1, -0.05) is 29.8 Å². The van der Waals surface area contributed by atoms with E-state index in [0.29, 0.717) is 11.4 Å². The van der Waals surface area contributed by atoms with Crippen LogP contribution in [-0.2, 0) is 14.8 Å². The summed E-state index contributed by atoms with van der Waals surface area (Å²) in [7, 11) is -3.90. The molecule has 21 heavy (non-hydrogen) atoms. The number of hydrogen-bond acceptors (Lipinski definition) is 4. The minimum absolute atomic E-state index is 0.0396. The molecular formula is C15H14N2O3S. The van der Waals surface area contributed by atoms with Crippen molar-refractivity contribution in [3.05, 3.63) is 54.1 Å². The normalized spacial score (nSPS) is 14.5. The molecule has 5 nitrogen and oxygen atoms in total. The molecule has 1 N–H and O–H groups in total. The number of aryl methyl sites for hydroxylation is 1. The molecule has 0 aromatic heterocycles. The lowest BCUT2D eigenvalue weighted by Gasteiger charge is -2.29. The van der Waals surface area contributed by atoms with Crippen molar-refractivity contribution in [3.8, 4) is 0 Å². The number of amides is 1. The van der Waals surface area contributed by atoms with Crippen LogP contribution in [0, 0.1) is 6.92 Å². The van der Waals surface area contributed by atoms with E-state index in [2.05, 4.69) is 5.32 Å². The summed E-state index contributed by atoms with van der Waals surface area (Å²) >= 11 is 0. The number of rotatable bonds is 2. The molecule has 3 rings (SSSR count). The van der Waals surface area contributed by atoms with Crippen LogP contribution in [0.25, 0.3) is 0 Å². The zero-order chi connectivity index (χ0) is 15.0. The van der Waals surface area contributed by atoms with E-state index in [1.807, 2.05) is 6.92 Å². The number of sulfonamides is 1. The molecule has 0 unspecified atom stereocenters. The van der Waals surface area contributed by atoms with Gasteiger partial charge >= 0.3 is 0 Å². The fourth-order valence-corrected chi connectivity index (χ4v) is 3.70. The fourth-order valence-electron chi connectivity index (χ4n) is 2.26.